The lowest BCUT2D eigenvalue weighted by Crippen LogP contribution is -2.60. The van der Waals surface area contributed by atoms with E-state index in [9.17, 15) is 14.3 Å². The third-order valence-electron chi connectivity index (χ3n) is 6.56. The minimum absolute atomic E-state index is 0.165. The SMILES string of the molecule is CN1C(=O)C(Sc2ccccc2Cl)C(O)CC1(c1ccsc1)c1cccc(Nc2ccc(F)cc2)c1. The summed E-state index contributed by atoms with van der Waals surface area (Å²) >= 11 is 9.20. The monoisotopic (exact) mass is 538 g/mol. The minimum Gasteiger partial charge on any atom is -0.391 e. The number of hydrogen-bond acceptors (Lipinski definition) is 5. The molecule has 5 rings (SSSR count). The van der Waals surface area contributed by atoms with E-state index < -0.39 is 16.9 Å². The first-order chi connectivity index (χ1) is 17.4. The molecule has 2 N–H and O–H groups in total. The third-order valence-corrected chi connectivity index (χ3v) is 9.07. The Bertz CT molecular complexity index is 1370. The molecule has 1 aliphatic rings. The molecule has 0 bridgehead atoms. The number of thiophene rings is 1. The molecular formula is C28H24ClFN2O2S2. The van der Waals surface area contributed by atoms with E-state index in [-0.39, 0.29) is 11.7 Å². The summed E-state index contributed by atoms with van der Waals surface area (Å²) in [4.78, 5) is 16.3. The van der Waals surface area contributed by atoms with Crippen molar-refractivity contribution in [2.45, 2.75) is 28.2 Å². The quantitative estimate of drug-likeness (QED) is 0.280. The first-order valence-electron chi connectivity index (χ1n) is 11.4. The predicted octanol–water partition coefficient (Wildman–Crippen LogP) is 6.91. The van der Waals surface area contributed by atoms with Gasteiger partial charge in [0.25, 0.3) is 0 Å². The number of hydrogen-bond donors (Lipinski definition) is 2. The van der Waals surface area contributed by atoms with Gasteiger partial charge in [0.05, 0.1) is 16.7 Å². The molecule has 0 spiro atoms. The smallest absolute Gasteiger partial charge is 0.239 e. The van der Waals surface area contributed by atoms with Gasteiger partial charge in [-0.25, -0.2) is 4.39 Å². The highest BCUT2D eigenvalue weighted by Crippen LogP contribution is 2.48. The van der Waals surface area contributed by atoms with Gasteiger partial charge in [0, 0.05) is 29.7 Å². The van der Waals surface area contributed by atoms with Crippen LogP contribution in [-0.2, 0) is 10.3 Å². The van der Waals surface area contributed by atoms with E-state index in [1.165, 1.54) is 23.9 Å². The molecule has 1 aliphatic heterocycles. The van der Waals surface area contributed by atoms with Crippen molar-refractivity contribution in [2.75, 3.05) is 12.4 Å². The van der Waals surface area contributed by atoms with Gasteiger partial charge in [-0.2, -0.15) is 11.3 Å². The zero-order valence-electron chi connectivity index (χ0n) is 19.4. The molecule has 0 saturated carbocycles. The fraction of sp³-hybridized carbons (Fsp3) is 0.179. The summed E-state index contributed by atoms with van der Waals surface area (Å²) in [5.74, 6) is -0.465. The van der Waals surface area contributed by atoms with E-state index in [0.29, 0.717) is 11.4 Å². The molecule has 3 atom stereocenters. The van der Waals surface area contributed by atoms with Crippen LogP contribution in [0.4, 0.5) is 15.8 Å². The molecule has 1 amide bonds. The number of amides is 1. The van der Waals surface area contributed by atoms with Gasteiger partial charge in [-0.3, -0.25) is 4.79 Å². The van der Waals surface area contributed by atoms with E-state index in [2.05, 4.69) is 5.32 Å². The van der Waals surface area contributed by atoms with E-state index in [0.717, 1.165) is 27.4 Å². The number of aliphatic hydroxyl groups excluding tert-OH is 1. The maximum Gasteiger partial charge on any atom is 0.239 e. The second kappa shape index (κ2) is 10.3. The lowest BCUT2D eigenvalue weighted by atomic mass is 9.75. The minimum atomic E-state index is -0.899. The molecule has 2 heterocycles. The van der Waals surface area contributed by atoms with Gasteiger partial charge in [-0.1, -0.05) is 35.9 Å². The Hall–Kier alpha value is -2.84. The Morgan fingerprint density at radius 2 is 1.83 bits per heavy atom. The Morgan fingerprint density at radius 3 is 2.56 bits per heavy atom. The summed E-state index contributed by atoms with van der Waals surface area (Å²) in [6.45, 7) is 0. The Kier molecular flexibility index (Phi) is 7.08. The lowest BCUT2D eigenvalue weighted by Gasteiger charge is -2.49. The van der Waals surface area contributed by atoms with Crippen LogP contribution in [0.3, 0.4) is 0 Å². The maximum atomic E-state index is 13.8. The van der Waals surface area contributed by atoms with Crippen molar-refractivity contribution in [1.82, 2.24) is 4.90 Å². The van der Waals surface area contributed by atoms with Crippen molar-refractivity contribution in [3.63, 3.8) is 0 Å². The standard InChI is InChI=1S/C28H24ClFN2O2S2/c1-32-27(34)26(36-25-8-3-2-7-23(25)29)24(33)16-28(32,19-13-14-35-17-19)18-5-4-6-22(15-18)31-21-11-9-20(30)10-12-21/h2-15,17,24,26,31,33H,16H2,1H3. The summed E-state index contributed by atoms with van der Waals surface area (Å²) in [6.07, 6.45) is -0.572. The molecule has 1 fully saturated rings. The Balaban J connectivity index is 1.52. The van der Waals surface area contributed by atoms with E-state index in [1.54, 1.807) is 41.5 Å². The van der Waals surface area contributed by atoms with Crippen LogP contribution in [0, 0.1) is 5.82 Å². The molecule has 0 radical (unpaired) electrons. The number of carbonyl (C=O) groups excluding carboxylic acids is 1. The fourth-order valence-corrected chi connectivity index (χ4v) is 6.86. The Labute approximate surface area is 222 Å². The number of likely N-dealkylation sites (tertiary alicyclic amines) is 1. The van der Waals surface area contributed by atoms with Gasteiger partial charge < -0.3 is 15.3 Å². The summed E-state index contributed by atoms with van der Waals surface area (Å²) in [5, 5.41) is 18.6. The highest BCUT2D eigenvalue weighted by Gasteiger charge is 2.51. The van der Waals surface area contributed by atoms with Gasteiger partial charge in [-0.05, 0) is 76.5 Å². The number of thioether (sulfide) groups is 1. The Morgan fingerprint density at radius 1 is 1.06 bits per heavy atom. The molecule has 4 nitrogen and oxygen atoms in total. The van der Waals surface area contributed by atoms with Crippen LogP contribution >= 0.6 is 34.7 Å². The number of aliphatic hydroxyl groups is 1. The number of nitrogens with zero attached hydrogens (tertiary/aromatic N) is 1. The predicted molar refractivity (Wildman–Crippen MR) is 146 cm³/mol. The molecule has 1 aromatic heterocycles. The summed E-state index contributed by atoms with van der Waals surface area (Å²) in [5.41, 5.74) is 2.53. The van der Waals surface area contributed by atoms with Crippen molar-refractivity contribution in [3.05, 3.63) is 112 Å². The average Bonchev–Trinajstić information content (AvgIpc) is 3.42. The van der Waals surface area contributed by atoms with Crippen LogP contribution in [0.25, 0.3) is 0 Å². The second-order valence-corrected chi connectivity index (χ2v) is 11.1. The average molecular weight is 539 g/mol. The zero-order valence-corrected chi connectivity index (χ0v) is 21.8. The van der Waals surface area contributed by atoms with Crippen LogP contribution in [0.1, 0.15) is 17.5 Å². The van der Waals surface area contributed by atoms with Crippen molar-refractivity contribution in [2.24, 2.45) is 0 Å². The molecule has 36 heavy (non-hydrogen) atoms. The van der Waals surface area contributed by atoms with Crippen LogP contribution < -0.4 is 5.32 Å². The largest absolute Gasteiger partial charge is 0.391 e. The van der Waals surface area contributed by atoms with Crippen molar-refractivity contribution >= 4 is 52.0 Å². The summed E-state index contributed by atoms with van der Waals surface area (Å²) in [6, 6.07) is 23.3. The van der Waals surface area contributed by atoms with Crippen LogP contribution in [0.2, 0.25) is 5.02 Å². The van der Waals surface area contributed by atoms with Gasteiger partial charge in [0.15, 0.2) is 0 Å². The molecule has 8 heteroatoms. The van der Waals surface area contributed by atoms with Crippen molar-refractivity contribution < 1.29 is 14.3 Å². The molecule has 1 saturated heterocycles. The van der Waals surface area contributed by atoms with Gasteiger partial charge in [0.1, 0.15) is 11.1 Å². The number of rotatable bonds is 6. The molecular weight excluding hydrogens is 515 g/mol. The third kappa shape index (κ3) is 4.64. The molecule has 184 valence electrons. The number of halogens is 2. The van der Waals surface area contributed by atoms with Gasteiger partial charge in [-0.15, -0.1) is 11.8 Å². The second-order valence-electron chi connectivity index (χ2n) is 8.72. The van der Waals surface area contributed by atoms with E-state index in [4.69, 9.17) is 11.6 Å². The number of benzene rings is 3. The molecule has 4 aromatic rings. The molecule has 3 unspecified atom stereocenters. The van der Waals surface area contributed by atoms with E-state index >= 15 is 0 Å². The summed E-state index contributed by atoms with van der Waals surface area (Å²) < 4.78 is 13.4. The fourth-order valence-electron chi connectivity index (χ4n) is 4.74. The zero-order chi connectivity index (χ0) is 25.3. The first-order valence-corrected chi connectivity index (χ1v) is 13.6. The first kappa shape index (κ1) is 24.8. The van der Waals surface area contributed by atoms with Crippen LogP contribution in [-0.4, -0.2) is 34.3 Å². The lowest BCUT2D eigenvalue weighted by molar-refractivity contribution is -0.142. The number of nitrogens with one attached hydrogen (secondary N) is 1. The number of piperidine rings is 1. The van der Waals surface area contributed by atoms with Crippen LogP contribution in [0.15, 0.2) is 94.5 Å². The molecule has 0 aliphatic carbocycles. The van der Waals surface area contributed by atoms with Crippen molar-refractivity contribution in [3.8, 4) is 0 Å². The summed E-state index contributed by atoms with van der Waals surface area (Å²) in [7, 11) is 1.80. The molecule has 3 aromatic carbocycles. The van der Waals surface area contributed by atoms with Crippen LogP contribution in [0.5, 0.6) is 0 Å². The maximum absolute atomic E-state index is 13.8. The van der Waals surface area contributed by atoms with E-state index in [1.807, 2.05) is 59.3 Å². The van der Waals surface area contributed by atoms with Crippen molar-refractivity contribution in [1.29, 1.82) is 0 Å². The highest BCUT2D eigenvalue weighted by atomic mass is 35.5. The number of carbonyl (C=O) groups is 1. The number of anilines is 2. The highest BCUT2D eigenvalue weighted by molar-refractivity contribution is 8.00. The van der Waals surface area contributed by atoms with Gasteiger partial charge in [0.2, 0.25) is 5.91 Å². The topological polar surface area (TPSA) is 52.6 Å². The van der Waals surface area contributed by atoms with Gasteiger partial charge >= 0.3 is 0 Å². The normalized spacial score (nSPS) is 22.0.